The van der Waals surface area contributed by atoms with Crippen molar-refractivity contribution in [2.24, 2.45) is 0 Å². The van der Waals surface area contributed by atoms with E-state index in [-0.39, 0.29) is 0 Å². The zero-order valence-electron chi connectivity index (χ0n) is 12.6. The number of benzene rings is 2. The summed E-state index contributed by atoms with van der Waals surface area (Å²) in [6.45, 7) is 4.08. The third-order valence-electron chi connectivity index (χ3n) is 3.75. The summed E-state index contributed by atoms with van der Waals surface area (Å²) in [6.07, 6.45) is 1.08. The molecule has 1 heterocycles. The van der Waals surface area contributed by atoms with Crippen LogP contribution in [0.25, 0.3) is 22.2 Å². The highest BCUT2D eigenvalue weighted by atomic mass is 15.3. The van der Waals surface area contributed by atoms with Crippen LogP contribution in [0.3, 0.4) is 0 Å². The van der Waals surface area contributed by atoms with Gasteiger partial charge in [-0.25, -0.2) is 0 Å². The van der Waals surface area contributed by atoms with Gasteiger partial charge in [-0.05, 0) is 39.1 Å². The predicted molar refractivity (Wildman–Crippen MR) is 88.4 cm³/mol. The Hall–Kier alpha value is -2.13. The topological polar surface area (TPSA) is 29.9 Å². The zero-order valence-corrected chi connectivity index (χ0v) is 12.6. The number of aryl methyl sites for hydroxylation is 2. The fourth-order valence-electron chi connectivity index (χ4n) is 2.68. The van der Waals surface area contributed by atoms with Gasteiger partial charge in [-0.15, -0.1) is 0 Å². The van der Waals surface area contributed by atoms with Gasteiger partial charge in [0.15, 0.2) is 0 Å². The Bertz CT molecular complexity index is 729. The van der Waals surface area contributed by atoms with Crippen LogP contribution in [-0.2, 0) is 6.54 Å². The molecule has 3 aromatic rings. The van der Waals surface area contributed by atoms with Gasteiger partial charge in [-0.2, -0.15) is 5.10 Å². The average molecular weight is 279 g/mol. The van der Waals surface area contributed by atoms with E-state index < -0.39 is 0 Å². The molecule has 3 nitrogen and oxygen atoms in total. The molecule has 1 N–H and O–H groups in total. The molecule has 0 bridgehead atoms. The summed E-state index contributed by atoms with van der Waals surface area (Å²) in [5, 5.41) is 9.30. The van der Waals surface area contributed by atoms with Crippen LogP contribution in [0.2, 0.25) is 0 Å². The van der Waals surface area contributed by atoms with Gasteiger partial charge in [0, 0.05) is 17.5 Å². The van der Waals surface area contributed by atoms with Gasteiger partial charge in [-0.3, -0.25) is 4.68 Å². The van der Waals surface area contributed by atoms with E-state index in [1.807, 2.05) is 13.1 Å². The summed E-state index contributed by atoms with van der Waals surface area (Å²) in [5.41, 5.74) is 4.75. The molecule has 0 saturated heterocycles. The minimum atomic E-state index is 0.938. The molecule has 2 aromatic carbocycles. The van der Waals surface area contributed by atoms with Crippen LogP contribution in [0.15, 0.2) is 48.5 Å². The third-order valence-corrected chi connectivity index (χ3v) is 3.75. The molecule has 0 radical (unpaired) electrons. The monoisotopic (exact) mass is 279 g/mol. The van der Waals surface area contributed by atoms with Crippen LogP contribution < -0.4 is 5.32 Å². The summed E-state index contributed by atoms with van der Waals surface area (Å²) < 4.78 is 2.13. The largest absolute Gasteiger partial charge is 0.320 e. The first-order valence-corrected chi connectivity index (χ1v) is 7.47. The van der Waals surface area contributed by atoms with E-state index in [0.29, 0.717) is 0 Å². The van der Waals surface area contributed by atoms with Crippen molar-refractivity contribution in [3.63, 3.8) is 0 Å². The summed E-state index contributed by atoms with van der Waals surface area (Å²) in [4.78, 5) is 0. The number of nitrogens with one attached hydrogen (secondary N) is 1. The molecule has 3 rings (SSSR count). The maximum absolute atomic E-state index is 4.86. The first kappa shape index (κ1) is 13.8. The summed E-state index contributed by atoms with van der Waals surface area (Å²) in [7, 11) is 1.99. The van der Waals surface area contributed by atoms with Crippen molar-refractivity contribution < 1.29 is 0 Å². The van der Waals surface area contributed by atoms with Gasteiger partial charge >= 0.3 is 0 Å². The van der Waals surface area contributed by atoms with E-state index in [9.17, 15) is 0 Å². The van der Waals surface area contributed by atoms with E-state index in [2.05, 4.69) is 59.4 Å². The van der Waals surface area contributed by atoms with Crippen molar-refractivity contribution in [1.29, 1.82) is 0 Å². The second-order valence-electron chi connectivity index (χ2n) is 5.42. The molecule has 0 unspecified atom stereocenters. The summed E-state index contributed by atoms with van der Waals surface area (Å²) >= 11 is 0. The van der Waals surface area contributed by atoms with Crippen LogP contribution >= 0.6 is 0 Å². The zero-order chi connectivity index (χ0) is 14.7. The first-order chi connectivity index (χ1) is 10.3. The maximum atomic E-state index is 4.86. The summed E-state index contributed by atoms with van der Waals surface area (Å²) in [5.74, 6) is 0. The lowest BCUT2D eigenvalue weighted by molar-refractivity contribution is 0.578. The number of hydrogen-bond donors (Lipinski definition) is 1. The standard InChI is InChI=1S/C18H21N3/c1-14-9-10-17-16(13-14)18(15-7-4-3-5-8-15)20-21(17)12-6-11-19-2/h3-5,7-10,13,19H,6,11-12H2,1-2H3. The minimum Gasteiger partial charge on any atom is -0.320 e. The molecule has 1 aromatic heterocycles. The lowest BCUT2D eigenvalue weighted by atomic mass is 10.1. The summed E-state index contributed by atoms with van der Waals surface area (Å²) in [6, 6.07) is 17.0. The van der Waals surface area contributed by atoms with Crippen molar-refractivity contribution in [2.75, 3.05) is 13.6 Å². The normalized spacial score (nSPS) is 11.1. The van der Waals surface area contributed by atoms with Gasteiger partial charge in [-0.1, -0.05) is 42.0 Å². The van der Waals surface area contributed by atoms with Crippen LogP contribution in [-0.4, -0.2) is 23.4 Å². The Morgan fingerprint density at radius 3 is 2.67 bits per heavy atom. The maximum Gasteiger partial charge on any atom is 0.100 e. The second kappa shape index (κ2) is 6.10. The van der Waals surface area contributed by atoms with Gasteiger partial charge in [0.25, 0.3) is 0 Å². The number of hydrogen-bond acceptors (Lipinski definition) is 2. The molecular weight excluding hydrogens is 258 g/mol. The van der Waals surface area contributed by atoms with Crippen LogP contribution in [0.1, 0.15) is 12.0 Å². The Kier molecular flexibility index (Phi) is 4.02. The number of nitrogens with zero attached hydrogens (tertiary/aromatic N) is 2. The fraction of sp³-hybridized carbons (Fsp3) is 0.278. The SMILES string of the molecule is CNCCCn1nc(-c2ccccc2)c2cc(C)ccc21. The molecule has 0 spiro atoms. The lowest BCUT2D eigenvalue weighted by Crippen LogP contribution is -2.11. The molecular formula is C18H21N3. The Morgan fingerprint density at radius 1 is 1.10 bits per heavy atom. The van der Waals surface area contributed by atoms with E-state index in [0.717, 1.165) is 25.2 Å². The molecule has 0 aliphatic carbocycles. The average Bonchev–Trinajstić information content (AvgIpc) is 2.86. The van der Waals surface area contributed by atoms with Gasteiger partial charge < -0.3 is 5.32 Å². The van der Waals surface area contributed by atoms with Crippen molar-refractivity contribution >= 4 is 10.9 Å². The first-order valence-electron chi connectivity index (χ1n) is 7.47. The van der Waals surface area contributed by atoms with Crippen molar-refractivity contribution in [3.05, 3.63) is 54.1 Å². The molecule has 0 atom stereocenters. The van der Waals surface area contributed by atoms with Crippen LogP contribution in [0.4, 0.5) is 0 Å². The van der Waals surface area contributed by atoms with Gasteiger partial charge in [0.1, 0.15) is 5.69 Å². The molecule has 0 saturated carbocycles. The Balaban J connectivity index is 2.09. The molecule has 108 valence electrons. The Labute approximate surface area is 125 Å². The van der Waals surface area contributed by atoms with E-state index in [4.69, 9.17) is 5.10 Å². The van der Waals surface area contributed by atoms with E-state index >= 15 is 0 Å². The second-order valence-corrected chi connectivity index (χ2v) is 5.42. The van der Waals surface area contributed by atoms with Crippen molar-refractivity contribution in [1.82, 2.24) is 15.1 Å². The third kappa shape index (κ3) is 2.83. The molecule has 21 heavy (non-hydrogen) atoms. The van der Waals surface area contributed by atoms with Crippen LogP contribution in [0, 0.1) is 6.92 Å². The molecule has 0 amide bonds. The molecule has 0 fully saturated rings. The lowest BCUT2D eigenvalue weighted by Gasteiger charge is -2.03. The molecule has 0 aliphatic rings. The highest BCUT2D eigenvalue weighted by Gasteiger charge is 2.11. The van der Waals surface area contributed by atoms with E-state index in [1.54, 1.807) is 0 Å². The smallest absolute Gasteiger partial charge is 0.100 e. The molecule has 0 aliphatic heterocycles. The molecule has 3 heteroatoms. The Morgan fingerprint density at radius 2 is 1.90 bits per heavy atom. The highest BCUT2D eigenvalue weighted by molar-refractivity contribution is 5.93. The van der Waals surface area contributed by atoms with Crippen molar-refractivity contribution in [3.8, 4) is 11.3 Å². The number of fused-ring (bicyclic) bond motifs is 1. The predicted octanol–water partition coefficient (Wildman–Crippen LogP) is 3.62. The van der Waals surface area contributed by atoms with E-state index in [1.165, 1.54) is 22.0 Å². The number of rotatable bonds is 5. The highest BCUT2D eigenvalue weighted by Crippen LogP contribution is 2.28. The fourth-order valence-corrected chi connectivity index (χ4v) is 2.68. The van der Waals surface area contributed by atoms with Crippen LogP contribution in [0.5, 0.6) is 0 Å². The van der Waals surface area contributed by atoms with Gasteiger partial charge in [0.2, 0.25) is 0 Å². The van der Waals surface area contributed by atoms with Gasteiger partial charge in [0.05, 0.1) is 5.52 Å². The number of aromatic nitrogens is 2. The quantitative estimate of drug-likeness (QED) is 0.723. The minimum absolute atomic E-state index is 0.938. The van der Waals surface area contributed by atoms with Crippen molar-refractivity contribution in [2.45, 2.75) is 19.9 Å².